The standard InChI is InChI=1S/C13H29NO2Si/c1-4-9-13(12-10-7-8-11-14-12)17(15-5-2)16-6-3/h12-14,17H,4-11H2,1-3H3. The fourth-order valence-corrected chi connectivity index (χ4v) is 5.29. The summed E-state index contributed by atoms with van der Waals surface area (Å²) in [6.45, 7) is 9.18. The van der Waals surface area contributed by atoms with Gasteiger partial charge in [-0.1, -0.05) is 19.8 Å². The molecular weight excluding hydrogens is 230 g/mol. The molecule has 1 aliphatic heterocycles. The van der Waals surface area contributed by atoms with Gasteiger partial charge >= 0.3 is 9.28 Å². The van der Waals surface area contributed by atoms with Gasteiger partial charge in [-0.2, -0.15) is 0 Å². The minimum atomic E-state index is -1.50. The Morgan fingerprint density at radius 1 is 1.18 bits per heavy atom. The zero-order chi connectivity index (χ0) is 12.5. The van der Waals surface area contributed by atoms with E-state index in [2.05, 4.69) is 26.1 Å². The summed E-state index contributed by atoms with van der Waals surface area (Å²) in [7, 11) is -1.50. The van der Waals surface area contributed by atoms with Crippen molar-refractivity contribution in [3.8, 4) is 0 Å². The predicted octanol–water partition coefficient (Wildman–Crippen LogP) is 2.59. The number of hydrogen-bond acceptors (Lipinski definition) is 3. The summed E-state index contributed by atoms with van der Waals surface area (Å²) in [5.41, 5.74) is 0.639. The second kappa shape index (κ2) is 9.08. The maximum Gasteiger partial charge on any atom is 0.326 e. The van der Waals surface area contributed by atoms with Crippen molar-refractivity contribution in [2.24, 2.45) is 0 Å². The molecule has 0 aliphatic carbocycles. The second-order valence-corrected chi connectivity index (χ2v) is 7.05. The molecule has 0 radical (unpaired) electrons. The summed E-state index contributed by atoms with van der Waals surface area (Å²) in [5.74, 6) is 0. The molecule has 102 valence electrons. The van der Waals surface area contributed by atoms with Gasteiger partial charge < -0.3 is 14.2 Å². The van der Waals surface area contributed by atoms with Gasteiger partial charge in [0.1, 0.15) is 0 Å². The maximum absolute atomic E-state index is 5.93. The van der Waals surface area contributed by atoms with Gasteiger partial charge in [-0.25, -0.2) is 0 Å². The Morgan fingerprint density at radius 2 is 1.88 bits per heavy atom. The molecule has 0 aromatic carbocycles. The van der Waals surface area contributed by atoms with E-state index in [1.54, 1.807) is 0 Å². The van der Waals surface area contributed by atoms with Crippen molar-refractivity contribution in [3.05, 3.63) is 0 Å². The van der Waals surface area contributed by atoms with Crippen molar-refractivity contribution in [1.29, 1.82) is 0 Å². The molecule has 1 heterocycles. The number of rotatable bonds is 8. The highest BCUT2D eigenvalue weighted by Gasteiger charge is 2.33. The summed E-state index contributed by atoms with van der Waals surface area (Å²) in [4.78, 5) is 0. The third-order valence-corrected chi connectivity index (χ3v) is 6.32. The third kappa shape index (κ3) is 5.08. The topological polar surface area (TPSA) is 30.5 Å². The molecule has 1 rings (SSSR count). The molecule has 17 heavy (non-hydrogen) atoms. The van der Waals surface area contributed by atoms with Crippen LogP contribution in [0.25, 0.3) is 0 Å². The van der Waals surface area contributed by atoms with Gasteiger partial charge in [-0.05, 0) is 39.7 Å². The van der Waals surface area contributed by atoms with Crippen LogP contribution in [0.3, 0.4) is 0 Å². The van der Waals surface area contributed by atoms with Gasteiger partial charge in [-0.3, -0.25) is 0 Å². The summed E-state index contributed by atoms with van der Waals surface area (Å²) in [6, 6.07) is 0.637. The van der Waals surface area contributed by atoms with Gasteiger partial charge in [0.05, 0.1) is 0 Å². The summed E-state index contributed by atoms with van der Waals surface area (Å²) in [6.07, 6.45) is 6.46. The molecule has 0 bridgehead atoms. The lowest BCUT2D eigenvalue weighted by Gasteiger charge is -2.34. The van der Waals surface area contributed by atoms with Crippen molar-refractivity contribution < 1.29 is 8.85 Å². The minimum Gasteiger partial charge on any atom is -0.397 e. The first-order valence-corrected chi connectivity index (χ1v) is 8.90. The molecule has 0 spiro atoms. The molecule has 4 heteroatoms. The molecule has 1 fully saturated rings. The molecule has 1 saturated heterocycles. The first-order valence-electron chi connectivity index (χ1n) is 7.30. The lowest BCUT2D eigenvalue weighted by atomic mass is 9.99. The van der Waals surface area contributed by atoms with Crippen LogP contribution >= 0.6 is 0 Å². The first kappa shape index (κ1) is 15.2. The van der Waals surface area contributed by atoms with Crippen LogP contribution in [0.5, 0.6) is 0 Å². The average Bonchev–Trinajstić information content (AvgIpc) is 2.37. The monoisotopic (exact) mass is 259 g/mol. The number of hydrogen-bond donors (Lipinski definition) is 1. The van der Waals surface area contributed by atoms with Gasteiger partial charge in [0.25, 0.3) is 0 Å². The van der Waals surface area contributed by atoms with E-state index < -0.39 is 9.28 Å². The highest BCUT2D eigenvalue weighted by atomic mass is 28.3. The lowest BCUT2D eigenvalue weighted by Crippen LogP contribution is -2.45. The normalized spacial score (nSPS) is 22.9. The van der Waals surface area contributed by atoms with Crippen molar-refractivity contribution in [2.45, 2.75) is 64.5 Å². The minimum absolute atomic E-state index is 0.637. The van der Waals surface area contributed by atoms with Crippen molar-refractivity contribution in [2.75, 3.05) is 19.8 Å². The Morgan fingerprint density at radius 3 is 2.35 bits per heavy atom. The molecule has 3 nitrogen and oxygen atoms in total. The number of piperidine rings is 1. The van der Waals surface area contributed by atoms with Gasteiger partial charge in [0, 0.05) is 24.8 Å². The van der Waals surface area contributed by atoms with E-state index in [9.17, 15) is 0 Å². The Balaban J connectivity index is 2.58. The van der Waals surface area contributed by atoms with Crippen LogP contribution in [0.4, 0.5) is 0 Å². The molecule has 0 saturated carbocycles. The SMILES string of the molecule is CCCC(C1CCCCN1)[SiH](OCC)OCC. The summed E-state index contributed by atoms with van der Waals surface area (Å²) >= 11 is 0. The lowest BCUT2D eigenvalue weighted by molar-refractivity contribution is 0.189. The van der Waals surface area contributed by atoms with E-state index in [0.717, 1.165) is 13.2 Å². The van der Waals surface area contributed by atoms with E-state index in [4.69, 9.17) is 8.85 Å². The van der Waals surface area contributed by atoms with Crippen LogP contribution in [0.15, 0.2) is 0 Å². The molecule has 1 aliphatic rings. The molecule has 0 aromatic rings. The zero-order valence-electron chi connectivity index (χ0n) is 11.7. The van der Waals surface area contributed by atoms with E-state index in [0.29, 0.717) is 11.6 Å². The predicted molar refractivity (Wildman–Crippen MR) is 74.7 cm³/mol. The summed E-state index contributed by atoms with van der Waals surface area (Å²) < 4.78 is 11.9. The molecule has 0 amide bonds. The largest absolute Gasteiger partial charge is 0.397 e. The van der Waals surface area contributed by atoms with E-state index >= 15 is 0 Å². The maximum atomic E-state index is 5.93. The van der Waals surface area contributed by atoms with Crippen LogP contribution in [0.1, 0.15) is 52.9 Å². The first-order chi connectivity index (χ1) is 8.33. The third-order valence-electron chi connectivity index (χ3n) is 3.50. The van der Waals surface area contributed by atoms with E-state index in [1.807, 2.05) is 0 Å². The van der Waals surface area contributed by atoms with Crippen LogP contribution in [0.2, 0.25) is 5.54 Å². The quantitative estimate of drug-likeness (QED) is 0.680. The Kier molecular flexibility index (Phi) is 8.10. The van der Waals surface area contributed by atoms with Crippen molar-refractivity contribution >= 4 is 9.28 Å². The highest BCUT2D eigenvalue weighted by molar-refractivity contribution is 6.46. The fourth-order valence-electron chi connectivity index (χ4n) is 2.73. The molecule has 1 N–H and O–H groups in total. The fraction of sp³-hybridized carbons (Fsp3) is 1.00. The van der Waals surface area contributed by atoms with Crippen LogP contribution in [0, 0.1) is 0 Å². The zero-order valence-corrected chi connectivity index (χ0v) is 12.9. The van der Waals surface area contributed by atoms with Crippen LogP contribution in [-0.2, 0) is 8.85 Å². The molecule has 2 unspecified atom stereocenters. The Bertz CT molecular complexity index is 180. The molecule has 2 atom stereocenters. The Hall–Kier alpha value is 0.0969. The molecular formula is C13H29NO2Si. The van der Waals surface area contributed by atoms with Gasteiger partial charge in [0.15, 0.2) is 0 Å². The van der Waals surface area contributed by atoms with Gasteiger partial charge in [0.2, 0.25) is 0 Å². The van der Waals surface area contributed by atoms with Crippen molar-refractivity contribution in [1.82, 2.24) is 5.32 Å². The molecule has 0 aromatic heterocycles. The second-order valence-electron chi connectivity index (χ2n) is 4.79. The van der Waals surface area contributed by atoms with Crippen LogP contribution < -0.4 is 5.32 Å². The van der Waals surface area contributed by atoms with Gasteiger partial charge in [-0.15, -0.1) is 0 Å². The van der Waals surface area contributed by atoms with Crippen LogP contribution in [-0.4, -0.2) is 35.1 Å². The van der Waals surface area contributed by atoms with Crippen molar-refractivity contribution in [3.63, 3.8) is 0 Å². The average molecular weight is 259 g/mol. The highest BCUT2D eigenvalue weighted by Crippen LogP contribution is 2.28. The summed E-state index contributed by atoms with van der Waals surface area (Å²) in [5, 5.41) is 3.68. The smallest absolute Gasteiger partial charge is 0.326 e. The van der Waals surface area contributed by atoms with E-state index in [-0.39, 0.29) is 0 Å². The Labute approximate surface area is 108 Å². The van der Waals surface area contributed by atoms with E-state index in [1.165, 1.54) is 38.6 Å². The number of nitrogens with one attached hydrogen (secondary N) is 1.